The lowest BCUT2D eigenvalue weighted by Crippen LogP contribution is -2.41. The van der Waals surface area contributed by atoms with Crippen LogP contribution >= 0.6 is 0 Å². The van der Waals surface area contributed by atoms with Crippen LogP contribution in [0.4, 0.5) is 0 Å². The first-order valence-corrected chi connectivity index (χ1v) is 10.2. The van der Waals surface area contributed by atoms with Crippen LogP contribution < -0.4 is 4.72 Å². The van der Waals surface area contributed by atoms with Gasteiger partial charge in [-0.3, -0.25) is 0 Å². The van der Waals surface area contributed by atoms with Crippen molar-refractivity contribution in [1.29, 1.82) is 0 Å². The standard InChI is InChI=1S/C20H31NO3S/c1-6-24-18(22)16-9-7-15(8-10-16)17(11-12-20(5)13-14-20)21-25(23)19(2,3)4/h7-10,17,21H,6,11-14H2,1-5H3/t17-,25+/m0/s1. The maximum atomic E-state index is 12.6. The number of hydrogen-bond donors (Lipinski definition) is 1. The van der Waals surface area contributed by atoms with Crippen LogP contribution in [0, 0.1) is 5.41 Å². The molecule has 140 valence electrons. The fraction of sp³-hybridized carbons (Fsp3) is 0.650. The molecule has 1 aromatic rings. The van der Waals surface area contributed by atoms with Gasteiger partial charge in [-0.1, -0.05) is 19.1 Å². The maximum absolute atomic E-state index is 12.6. The smallest absolute Gasteiger partial charge is 0.338 e. The third kappa shape index (κ3) is 6.01. The van der Waals surface area contributed by atoms with Crippen LogP contribution in [0.1, 0.15) is 82.3 Å². The molecule has 2 rings (SSSR count). The minimum Gasteiger partial charge on any atom is -0.598 e. The second-order valence-electron chi connectivity index (χ2n) is 8.24. The van der Waals surface area contributed by atoms with Gasteiger partial charge in [0.05, 0.1) is 18.2 Å². The molecule has 1 saturated carbocycles. The Labute approximate surface area is 155 Å². The highest BCUT2D eigenvalue weighted by molar-refractivity contribution is 7.90. The SMILES string of the molecule is CCOC(=O)c1ccc([C@H](CCC2(C)CC2)N[S@+]([O-])C(C)(C)C)cc1. The minimum atomic E-state index is -1.13. The summed E-state index contributed by atoms with van der Waals surface area (Å²) in [4.78, 5) is 11.8. The van der Waals surface area contributed by atoms with Crippen LogP contribution in [0.15, 0.2) is 24.3 Å². The zero-order valence-electron chi connectivity index (χ0n) is 16.1. The molecule has 0 aromatic heterocycles. The van der Waals surface area contributed by atoms with E-state index in [-0.39, 0.29) is 16.8 Å². The molecule has 0 saturated heterocycles. The maximum Gasteiger partial charge on any atom is 0.338 e. The van der Waals surface area contributed by atoms with Gasteiger partial charge in [0.2, 0.25) is 0 Å². The summed E-state index contributed by atoms with van der Waals surface area (Å²) in [5.74, 6) is -0.303. The van der Waals surface area contributed by atoms with Crippen molar-refractivity contribution >= 4 is 17.3 Å². The van der Waals surface area contributed by atoms with Gasteiger partial charge >= 0.3 is 5.97 Å². The fourth-order valence-electron chi connectivity index (χ4n) is 2.62. The van der Waals surface area contributed by atoms with E-state index in [1.807, 2.05) is 32.9 Å². The van der Waals surface area contributed by atoms with E-state index < -0.39 is 11.4 Å². The van der Waals surface area contributed by atoms with E-state index in [1.54, 1.807) is 19.1 Å². The zero-order valence-corrected chi connectivity index (χ0v) is 16.9. The van der Waals surface area contributed by atoms with Gasteiger partial charge in [-0.15, -0.1) is 4.72 Å². The van der Waals surface area contributed by atoms with Crippen molar-refractivity contribution in [2.75, 3.05) is 6.61 Å². The molecule has 0 radical (unpaired) electrons. The first kappa shape index (κ1) is 20.3. The minimum absolute atomic E-state index is 0.0220. The molecule has 0 spiro atoms. The van der Waals surface area contributed by atoms with E-state index in [9.17, 15) is 9.35 Å². The predicted octanol–water partition coefficient (Wildman–Crippen LogP) is 4.54. The molecular weight excluding hydrogens is 334 g/mol. The molecule has 1 aliphatic rings. The number of benzene rings is 1. The van der Waals surface area contributed by atoms with Crippen LogP contribution in [0.5, 0.6) is 0 Å². The van der Waals surface area contributed by atoms with Crippen LogP contribution in [-0.2, 0) is 16.1 Å². The Kier molecular flexibility index (Phi) is 6.57. The average Bonchev–Trinajstić information content (AvgIpc) is 3.28. The number of carbonyl (C=O) groups excluding carboxylic acids is 1. The monoisotopic (exact) mass is 365 g/mol. The Hall–Kier alpha value is -1.04. The van der Waals surface area contributed by atoms with E-state index in [0.717, 1.165) is 18.4 Å². The first-order chi connectivity index (χ1) is 11.6. The molecule has 1 aromatic carbocycles. The molecule has 0 bridgehead atoms. The highest BCUT2D eigenvalue weighted by Gasteiger charge is 2.38. The first-order valence-electron chi connectivity index (χ1n) is 9.10. The molecule has 4 nitrogen and oxygen atoms in total. The Morgan fingerprint density at radius 3 is 2.40 bits per heavy atom. The van der Waals surface area contributed by atoms with Crippen molar-refractivity contribution in [3.8, 4) is 0 Å². The number of carbonyl (C=O) groups is 1. The molecule has 1 fully saturated rings. The Balaban J connectivity index is 2.11. The van der Waals surface area contributed by atoms with Gasteiger partial charge < -0.3 is 9.29 Å². The van der Waals surface area contributed by atoms with E-state index >= 15 is 0 Å². The zero-order chi connectivity index (χ0) is 18.7. The second kappa shape index (κ2) is 8.11. The predicted molar refractivity (Wildman–Crippen MR) is 103 cm³/mol. The summed E-state index contributed by atoms with van der Waals surface area (Å²) < 4.78 is 20.6. The second-order valence-corrected chi connectivity index (χ2v) is 10.2. The van der Waals surface area contributed by atoms with Crippen LogP contribution in [0.3, 0.4) is 0 Å². The average molecular weight is 366 g/mol. The van der Waals surface area contributed by atoms with E-state index in [0.29, 0.717) is 17.6 Å². The van der Waals surface area contributed by atoms with Crippen molar-refractivity contribution in [2.24, 2.45) is 5.41 Å². The van der Waals surface area contributed by atoms with E-state index in [2.05, 4.69) is 11.6 Å². The molecule has 0 heterocycles. The molecule has 1 N–H and O–H groups in total. The summed E-state index contributed by atoms with van der Waals surface area (Å²) >= 11 is -1.13. The largest absolute Gasteiger partial charge is 0.598 e. The normalized spacial score (nSPS) is 18.5. The number of ether oxygens (including phenoxy) is 1. The Morgan fingerprint density at radius 1 is 1.32 bits per heavy atom. The van der Waals surface area contributed by atoms with Crippen molar-refractivity contribution in [3.05, 3.63) is 35.4 Å². The number of nitrogens with one attached hydrogen (secondary N) is 1. The lowest BCUT2D eigenvalue weighted by atomic mass is 9.95. The van der Waals surface area contributed by atoms with Gasteiger partial charge in [0.1, 0.15) is 4.75 Å². The fourth-order valence-corrected chi connectivity index (χ4v) is 3.49. The molecule has 1 aliphatic carbocycles. The quantitative estimate of drug-likeness (QED) is 0.543. The summed E-state index contributed by atoms with van der Waals surface area (Å²) in [5, 5.41) is 0. The summed E-state index contributed by atoms with van der Waals surface area (Å²) in [6.07, 6.45) is 4.62. The molecule has 25 heavy (non-hydrogen) atoms. The Morgan fingerprint density at radius 2 is 1.92 bits per heavy atom. The molecule has 2 atom stereocenters. The summed E-state index contributed by atoms with van der Waals surface area (Å²) in [5.41, 5.74) is 2.07. The highest BCUT2D eigenvalue weighted by atomic mass is 32.2. The lowest BCUT2D eigenvalue weighted by molar-refractivity contribution is 0.0526. The molecule has 0 amide bonds. The highest BCUT2D eigenvalue weighted by Crippen LogP contribution is 2.50. The van der Waals surface area contributed by atoms with Gasteiger partial charge in [-0.25, -0.2) is 4.79 Å². The summed E-state index contributed by atoms with van der Waals surface area (Å²) in [6, 6.07) is 7.49. The van der Waals surface area contributed by atoms with E-state index in [4.69, 9.17) is 4.74 Å². The van der Waals surface area contributed by atoms with Crippen molar-refractivity contribution < 1.29 is 14.1 Å². The molecular formula is C20H31NO3S. The van der Waals surface area contributed by atoms with Crippen molar-refractivity contribution in [1.82, 2.24) is 4.72 Å². The molecule has 0 aliphatic heterocycles. The number of esters is 1. The van der Waals surface area contributed by atoms with E-state index in [1.165, 1.54) is 12.8 Å². The Bertz CT molecular complexity index is 576. The number of rotatable bonds is 8. The van der Waals surface area contributed by atoms with Gasteiger partial charge in [0.25, 0.3) is 0 Å². The summed E-state index contributed by atoms with van der Waals surface area (Å²) in [6.45, 7) is 10.4. The third-order valence-corrected chi connectivity index (χ3v) is 6.38. The molecule has 5 heteroatoms. The molecule has 0 unspecified atom stereocenters. The van der Waals surface area contributed by atoms with Gasteiger partial charge in [0, 0.05) is 11.4 Å². The van der Waals surface area contributed by atoms with Crippen LogP contribution in [-0.4, -0.2) is 21.9 Å². The third-order valence-electron chi connectivity index (χ3n) is 4.77. The topological polar surface area (TPSA) is 61.4 Å². The van der Waals surface area contributed by atoms with Gasteiger partial charge in [-0.2, -0.15) is 0 Å². The van der Waals surface area contributed by atoms with Crippen LogP contribution in [0.2, 0.25) is 0 Å². The summed E-state index contributed by atoms with van der Waals surface area (Å²) in [7, 11) is 0. The van der Waals surface area contributed by atoms with Gasteiger partial charge in [-0.05, 0) is 76.5 Å². The van der Waals surface area contributed by atoms with Gasteiger partial charge in [0.15, 0.2) is 0 Å². The van der Waals surface area contributed by atoms with Crippen molar-refractivity contribution in [3.63, 3.8) is 0 Å². The number of hydrogen-bond acceptors (Lipinski definition) is 4. The lowest BCUT2D eigenvalue weighted by Gasteiger charge is -2.28. The van der Waals surface area contributed by atoms with Crippen molar-refractivity contribution in [2.45, 2.75) is 71.1 Å². The van der Waals surface area contributed by atoms with Crippen LogP contribution in [0.25, 0.3) is 0 Å².